The van der Waals surface area contributed by atoms with Gasteiger partial charge in [-0.2, -0.15) is 4.31 Å². The third-order valence-corrected chi connectivity index (χ3v) is 5.72. The van der Waals surface area contributed by atoms with Gasteiger partial charge >= 0.3 is 0 Å². The van der Waals surface area contributed by atoms with Gasteiger partial charge in [0.1, 0.15) is 0 Å². The number of rotatable bonds is 6. The Labute approximate surface area is 127 Å². The lowest BCUT2D eigenvalue weighted by molar-refractivity contribution is 0.248. The van der Waals surface area contributed by atoms with Crippen LogP contribution in [0.2, 0.25) is 0 Å². The van der Waals surface area contributed by atoms with E-state index in [0.717, 1.165) is 38.9 Å². The molecule has 1 fully saturated rings. The summed E-state index contributed by atoms with van der Waals surface area (Å²) in [6.07, 6.45) is 2.62. The average Bonchev–Trinajstić information content (AvgIpc) is 2.75. The monoisotopic (exact) mass is 312 g/mol. The van der Waals surface area contributed by atoms with Crippen LogP contribution in [-0.2, 0) is 10.0 Å². The molecule has 21 heavy (non-hydrogen) atoms. The normalized spacial score (nSPS) is 18.5. The van der Waals surface area contributed by atoms with Gasteiger partial charge in [-0.1, -0.05) is 18.2 Å². The SMILES string of the molecule is O=S(=O)(c1ccccc1)N1CCCN(CCCCO)CC1. The molecule has 0 atom stereocenters. The maximum Gasteiger partial charge on any atom is 0.243 e. The Bertz CT molecular complexity index is 519. The number of aliphatic hydroxyl groups excluding tert-OH is 1. The van der Waals surface area contributed by atoms with Crippen molar-refractivity contribution >= 4 is 10.0 Å². The Kier molecular flexibility index (Phi) is 6.17. The first-order valence-electron chi connectivity index (χ1n) is 7.53. The third kappa shape index (κ3) is 4.51. The Balaban J connectivity index is 1.96. The van der Waals surface area contributed by atoms with E-state index in [9.17, 15) is 8.42 Å². The second-order valence-corrected chi connectivity index (χ2v) is 7.28. The van der Waals surface area contributed by atoms with Crippen molar-refractivity contribution in [2.45, 2.75) is 24.2 Å². The van der Waals surface area contributed by atoms with Crippen LogP contribution in [0.3, 0.4) is 0 Å². The first-order chi connectivity index (χ1) is 10.1. The number of nitrogens with zero attached hydrogens (tertiary/aromatic N) is 2. The number of hydrogen-bond donors (Lipinski definition) is 1. The summed E-state index contributed by atoms with van der Waals surface area (Å²) in [6.45, 7) is 3.95. The van der Waals surface area contributed by atoms with Crippen LogP contribution >= 0.6 is 0 Å². The molecule has 1 aromatic rings. The maximum atomic E-state index is 12.6. The van der Waals surface area contributed by atoms with Crippen molar-refractivity contribution in [2.24, 2.45) is 0 Å². The molecule has 5 nitrogen and oxygen atoms in total. The van der Waals surface area contributed by atoms with Crippen molar-refractivity contribution < 1.29 is 13.5 Å². The Morgan fingerprint density at radius 1 is 1.00 bits per heavy atom. The molecule has 0 radical (unpaired) electrons. The lowest BCUT2D eigenvalue weighted by atomic mass is 10.3. The molecule has 1 heterocycles. The first-order valence-corrected chi connectivity index (χ1v) is 8.97. The molecule has 0 amide bonds. The van der Waals surface area contributed by atoms with Crippen molar-refractivity contribution in [1.29, 1.82) is 0 Å². The van der Waals surface area contributed by atoms with Crippen LogP contribution < -0.4 is 0 Å². The zero-order valence-electron chi connectivity index (χ0n) is 12.3. The summed E-state index contributed by atoms with van der Waals surface area (Å²) in [5.74, 6) is 0. The summed E-state index contributed by atoms with van der Waals surface area (Å²) >= 11 is 0. The van der Waals surface area contributed by atoms with Crippen LogP contribution in [0.25, 0.3) is 0 Å². The minimum atomic E-state index is -3.37. The van der Waals surface area contributed by atoms with Gasteiger partial charge in [-0.3, -0.25) is 0 Å². The molecule has 6 heteroatoms. The minimum absolute atomic E-state index is 0.225. The van der Waals surface area contributed by atoms with Gasteiger partial charge in [-0.05, 0) is 44.5 Å². The lowest BCUT2D eigenvalue weighted by Crippen LogP contribution is -2.35. The molecular weight excluding hydrogens is 288 g/mol. The zero-order valence-corrected chi connectivity index (χ0v) is 13.1. The molecule has 1 aromatic carbocycles. The van der Waals surface area contributed by atoms with E-state index in [1.54, 1.807) is 28.6 Å². The van der Waals surface area contributed by atoms with Crippen molar-refractivity contribution in [2.75, 3.05) is 39.3 Å². The fraction of sp³-hybridized carbons (Fsp3) is 0.600. The van der Waals surface area contributed by atoms with Gasteiger partial charge in [0.2, 0.25) is 10.0 Å². The lowest BCUT2D eigenvalue weighted by Gasteiger charge is -2.21. The predicted octanol–water partition coefficient (Wildman–Crippen LogP) is 1.16. The molecule has 118 valence electrons. The van der Waals surface area contributed by atoms with E-state index in [1.165, 1.54) is 0 Å². The van der Waals surface area contributed by atoms with Crippen LogP contribution in [-0.4, -0.2) is 62.1 Å². The summed E-state index contributed by atoms with van der Waals surface area (Å²) in [5, 5.41) is 8.82. The smallest absolute Gasteiger partial charge is 0.243 e. The van der Waals surface area contributed by atoms with Crippen LogP contribution in [0, 0.1) is 0 Å². The molecule has 1 N–H and O–H groups in total. The molecule has 1 saturated heterocycles. The molecule has 1 aliphatic rings. The Hall–Kier alpha value is -0.950. The molecule has 0 aromatic heterocycles. The number of benzene rings is 1. The predicted molar refractivity (Wildman–Crippen MR) is 82.6 cm³/mol. The molecule has 0 aliphatic carbocycles. The first kappa shape index (κ1) is 16.4. The fourth-order valence-electron chi connectivity index (χ4n) is 2.60. The number of sulfonamides is 1. The summed E-state index contributed by atoms with van der Waals surface area (Å²) in [5.41, 5.74) is 0. The molecule has 1 aliphatic heterocycles. The third-order valence-electron chi connectivity index (χ3n) is 3.81. The minimum Gasteiger partial charge on any atom is -0.396 e. The van der Waals surface area contributed by atoms with Crippen molar-refractivity contribution in [3.63, 3.8) is 0 Å². The molecule has 0 spiro atoms. The topological polar surface area (TPSA) is 60.9 Å². The van der Waals surface area contributed by atoms with E-state index in [-0.39, 0.29) is 6.61 Å². The quantitative estimate of drug-likeness (QED) is 0.801. The van der Waals surface area contributed by atoms with E-state index in [4.69, 9.17) is 5.11 Å². The second-order valence-electron chi connectivity index (χ2n) is 5.34. The van der Waals surface area contributed by atoms with Crippen molar-refractivity contribution in [3.05, 3.63) is 30.3 Å². The van der Waals surface area contributed by atoms with Gasteiger partial charge in [0.15, 0.2) is 0 Å². The second kappa shape index (κ2) is 7.89. The summed E-state index contributed by atoms with van der Waals surface area (Å²) in [4.78, 5) is 2.66. The Morgan fingerprint density at radius 2 is 1.76 bits per heavy atom. The average molecular weight is 312 g/mol. The van der Waals surface area contributed by atoms with Crippen LogP contribution in [0.15, 0.2) is 35.2 Å². The van der Waals surface area contributed by atoms with Gasteiger partial charge in [0.05, 0.1) is 4.90 Å². The van der Waals surface area contributed by atoms with E-state index in [1.807, 2.05) is 6.07 Å². The highest BCUT2D eigenvalue weighted by Crippen LogP contribution is 2.17. The van der Waals surface area contributed by atoms with E-state index in [2.05, 4.69) is 4.90 Å². The van der Waals surface area contributed by atoms with E-state index >= 15 is 0 Å². The van der Waals surface area contributed by atoms with E-state index < -0.39 is 10.0 Å². The molecule has 0 saturated carbocycles. The highest BCUT2D eigenvalue weighted by molar-refractivity contribution is 7.89. The summed E-state index contributed by atoms with van der Waals surface area (Å²) in [6, 6.07) is 8.64. The van der Waals surface area contributed by atoms with Gasteiger partial charge in [0.25, 0.3) is 0 Å². The molecule has 0 unspecified atom stereocenters. The molecule has 0 bridgehead atoms. The fourth-order valence-corrected chi connectivity index (χ4v) is 4.09. The zero-order chi connectivity index (χ0) is 15.1. The number of aliphatic hydroxyl groups is 1. The molecular formula is C15H24N2O3S. The Morgan fingerprint density at radius 3 is 2.48 bits per heavy atom. The maximum absolute atomic E-state index is 12.6. The molecule has 2 rings (SSSR count). The summed E-state index contributed by atoms with van der Waals surface area (Å²) in [7, 11) is -3.37. The van der Waals surface area contributed by atoms with Crippen LogP contribution in [0.4, 0.5) is 0 Å². The van der Waals surface area contributed by atoms with Crippen LogP contribution in [0.1, 0.15) is 19.3 Å². The van der Waals surface area contributed by atoms with Crippen molar-refractivity contribution in [1.82, 2.24) is 9.21 Å². The van der Waals surface area contributed by atoms with Gasteiger partial charge in [-0.25, -0.2) is 8.42 Å². The number of hydrogen-bond acceptors (Lipinski definition) is 4. The van der Waals surface area contributed by atoms with Crippen molar-refractivity contribution in [3.8, 4) is 0 Å². The summed E-state index contributed by atoms with van der Waals surface area (Å²) < 4.78 is 26.8. The van der Waals surface area contributed by atoms with Gasteiger partial charge in [-0.15, -0.1) is 0 Å². The highest BCUT2D eigenvalue weighted by atomic mass is 32.2. The number of unbranched alkanes of at least 4 members (excludes halogenated alkanes) is 1. The highest BCUT2D eigenvalue weighted by Gasteiger charge is 2.26. The largest absolute Gasteiger partial charge is 0.396 e. The van der Waals surface area contributed by atoms with Crippen LogP contribution in [0.5, 0.6) is 0 Å². The van der Waals surface area contributed by atoms with Gasteiger partial charge < -0.3 is 10.0 Å². The van der Waals surface area contributed by atoms with E-state index in [0.29, 0.717) is 18.0 Å². The standard InChI is InChI=1S/C15H24N2O3S/c18-14-5-4-9-16-10-6-11-17(13-12-16)21(19,20)15-7-2-1-3-8-15/h1-3,7-8,18H,4-6,9-14H2. The van der Waals surface area contributed by atoms with Gasteiger partial charge in [0, 0.05) is 26.2 Å².